The Morgan fingerprint density at radius 1 is 1.13 bits per heavy atom. The number of piperidine rings is 1. The fourth-order valence-corrected chi connectivity index (χ4v) is 5.78. The van der Waals surface area contributed by atoms with Gasteiger partial charge >= 0.3 is 0 Å². The zero-order chi connectivity index (χ0) is 21.9. The molecule has 31 heavy (non-hydrogen) atoms. The van der Waals surface area contributed by atoms with E-state index in [1.54, 1.807) is 12.1 Å². The maximum Gasteiger partial charge on any atom is 0.282 e. The number of aryl methyl sites for hydroxylation is 1. The summed E-state index contributed by atoms with van der Waals surface area (Å²) in [5.74, 6) is 1.25. The Bertz CT molecular complexity index is 1290. The van der Waals surface area contributed by atoms with Crippen LogP contribution in [-0.4, -0.2) is 37.3 Å². The molecule has 2 aliphatic rings. The maximum absolute atomic E-state index is 13.1. The summed E-state index contributed by atoms with van der Waals surface area (Å²) in [7, 11) is -3.78. The first kappa shape index (κ1) is 20.6. The standard InChI is InChI=1S/C22H20ClN3O3S2/c1-12-8-14(4-7-18(12)23)19-20(13-2-5-17(6-3-13)31(24,28)29)30-21(25-19)22(27)26-10-15-9-16(15)11-26/h2-8,15-16H,9-11H2,1H3,(H2,24,28,29). The number of aromatic nitrogens is 1. The van der Waals surface area contributed by atoms with Crippen LogP contribution in [0.15, 0.2) is 47.4 Å². The highest BCUT2D eigenvalue weighted by Crippen LogP contribution is 2.46. The number of rotatable bonds is 4. The lowest BCUT2D eigenvalue weighted by Crippen LogP contribution is -2.30. The van der Waals surface area contributed by atoms with Gasteiger partial charge in [-0.3, -0.25) is 4.79 Å². The number of amides is 1. The van der Waals surface area contributed by atoms with Crippen LogP contribution in [0.3, 0.4) is 0 Å². The molecule has 2 aromatic carbocycles. The SMILES string of the molecule is Cc1cc(-c2nc(C(=O)N3CC4CC4C3)sc2-c2ccc(S(N)(=O)=O)cc2)ccc1Cl. The number of hydrogen-bond acceptors (Lipinski definition) is 5. The predicted molar refractivity (Wildman–Crippen MR) is 122 cm³/mol. The molecule has 5 rings (SSSR count). The first-order chi connectivity index (χ1) is 14.7. The average molecular weight is 474 g/mol. The number of likely N-dealkylation sites (tertiary alicyclic amines) is 1. The molecule has 1 aromatic heterocycles. The van der Waals surface area contributed by atoms with Gasteiger partial charge in [0.2, 0.25) is 10.0 Å². The summed E-state index contributed by atoms with van der Waals surface area (Å²) in [5, 5.41) is 6.32. The molecule has 2 fully saturated rings. The molecule has 1 saturated carbocycles. The topological polar surface area (TPSA) is 93.4 Å². The number of benzene rings is 2. The van der Waals surface area contributed by atoms with Crippen molar-refractivity contribution in [3.63, 3.8) is 0 Å². The summed E-state index contributed by atoms with van der Waals surface area (Å²) in [6.45, 7) is 3.52. The second-order valence-electron chi connectivity index (χ2n) is 8.20. The van der Waals surface area contributed by atoms with Gasteiger partial charge < -0.3 is 4.90 Å². The molecule has 0 bridgehead atoms. The quantitative estimate of drug-likeness (QED) is 0.615. The van der Waals surface area contributed by atoms with E-state index in [-0.39, 0.29) is 10.8 Å². The summed E-state index contributed by atoms with van der Waals surface area (Å²) in [6, 6.07) is 12.0. The number of carbonyl (C=O) groups excluding carboxylic acids is 1. The number of sulfonamides is 1. The van der Waals surface area contributed by atoms with Gasteiger partial charge in [-0.05, 0) is 60.6 Å². The minimum atomic E-state index is -3.78. The highest BCUT2D eigenvalue weighted by Gasteiger charge is 2.47. The van der Waals surface area contributed by atoms with Crippen LogP contribution < -0.4 is 5.14 Å². The summed E-state index contributed by atoms with van der Waals surface area (Å²) in [5.41, 5.74) is 3.22. The molecule has 1 aliphatic carbocycles. The van der Waals surface area contributed by atoms with Crippen molar-refractivity contribution < 1.29 is 13.2 Å². The van der Waals surface area contributed by atoms with Crippen LogP contribution in [0.4, 0.5) is 0 Å². The van der Waals surface area contributed by atoms with Crippen molar-refractivity contribution in [2.24, 2.45) is 17.0 Å². The van der Waals surface area contributed by atoms with Crippen LogP contribution in [0.1, 0.15) is 21.8 Å². The van der Waals surface area contributed by atoms with Crippen molar-refractivity contribution in [2.45, 2.75) is 18.2 Å². The van der Waals surface area contributed by atoms with Crippen molar-refractivity contribution in [1.82, 2.24) is 9.88 Å². The smallest absolute Gasteiger partial charge is 0.282 e. The lowest BCUT2D eigenvalue weighted by Gasteiger charge is -2.15. The van der Waals surface area contributed by atoms with E-state index in [9.17, 15) is 13.2 Å². The molecule has 160 valence electrons. The van der Waals surface area contributed by atoms with Gasteiger partial charge in [0.1, 0.15) is 0 Å². The molecule has 2 unspecified atom stereocenters. The number of thiazole rings is 1. The van der Waals surface area contributed by atoms with E-state index in [1.165, 1.54) is 29.9 Å². The van der Waals surface area contributed by atoms with Crippen LogP contribution in [0.25, 0.3) is 21.7 Å². The van der Waals surface area contributed by atoms with Gasteiger partial charge in [0.05, 0.1) is 15.5 Å². The molecule has 6 nitrogen and oxygen atoms in total. The van der Waals surface area contributed by atoms with Crippen molar-refractivity contribution in [3.05, 3.63) is 58.1 Å². The highest BCUT2D eigenvalue weighted by molar-refractivity contribution is 7.89. The van der Waals surface area contributed by atoms with Crippen molar-refractivity contribution in [3.8, 4) is 21.7 Å². The number of fused-ring (bicyclic) bond motifs is 1. The van der Waals surface area contributed by atoms with Crippen molar-refractivity contribution in [2.75, 3.05) is 13.1 Å². The molecule has 3 aromatic rings. The largest absolute Gasteiger partial charge is 0.336 e. The third-order valence-corrected chi connectivity index (χ3v) is 8.40. The Morgan fingerprint density at radius 2 is 1.77 bits per heavy atom. The minimum Gasteiger partial charge on any atom is -0.336 e. The second kappa shape index (κ2) is 7.41. The summed E-state index contributed by atoms with van der Waals surface area (Å²) in [4.78, 5) is 20.6. The predicted octanol–water partition coefficient (Wildman–Crippen LogP) is 4.18. The second-order valence-corrected chi connectivity index (χ2v) is 11.2. The van der Waals surface area contributed by atoms with E-state index in [2.05, 4.69) is 0 Å². The lowest BCUT2D eigenvalue weighted by molar-refractivity contribution is 0.0775. The Labute approximate surface area is 189 Å². The molecular formula is C22H20ClN3O3S2. The van der Waals surface area contributed by atoms with Crippen LogP contribution >= 0.6 is 22.9 Å². The van der Waals surface area contributed by atoms with Gasteiger partial charge in [0.15, 0.2) is 5.01 Å². The monoisotopic (exact) mass is 473 g/mol. The molecule has 0 radical (unpaired) electrons. The van der Waals surface area contributed by atoms with Crippen molar-refractivity contribution in [1.29, 1.82) is 0 Å². The third kappa shape index (κ3) is 3.89. The molecule has 1 amide bonds. The van der Waals surface area contributed by atoms with Crippen LogP contribution in [0.5, 0.6) is 0 Å². The van der Waals surface area contributed by atoms with Crippen LogP contribution in [-0.2, 0) is 10.0 Å². The summed E-state index contributed by atoms with van der Waals surface area (Å²) < 4.78 is 23.2. The molecule has 2 N–H and O–H groups in total. The maximum atomic E-state index is 13.1. The van der Waals surface area contributed by atoms with E-state index in [0.29, 0.717) is 27.6 Å². The van der Waals surface area contributed by atoms with E-state index in [0.717, 1.165) is 34.7 Å². The number of nitrogens with zero attached hydrogens (tertiary/aromatic N) is 2. The fraction of sp³-hybridized carbons (Fsp3) is 0.273. The van der Waals surface area contributed by atoms with E-state index in [1.807, 2.05) is 30.0 Å². The van der Waals surface area contributed by atoms with Gasteiger partial charge in [-0.2, -0.15) is 0 Å². The summed E-state index contributed by atoms with van der Waals surface area (Å²) in [6.07, 6.45) is 1.22. The van der Waals surface area contributed by atoms with E-state index >= 15 is 0 Å². The number of halogens is 1. The molecule has 1 aliphatic heterocycles. The van der Waals surface area contributed by atoms with Gasteiger partial charge in [-0.15, -0.1) is 11.3 Å². The number of hydrogen-bond donors (Lipinski definition) is 1. The van der Waals surface area contributed by atoms with Gasteiger partial charge in [0, 0.05) is 23.7 Å². The van der Waals surface area contributed by atoms with Crippen LogP contribution in [0, 0.1) is 18.8 Å². The zero-order valence-corrected chi connectivity index (χ0v) is 19.1. The van der Waals surface area contributed by atoms with Crippen LogP contribution in [0.2, 0.25) is 5.02 Å². The first-order valence-corrected chi connectivity index (χ1v) is 12.6. The number of carbonyl (C=O) groups is 1. The Kier molecular flexibility index (Phi) is 4.93. The molecule has 9 heteroatoms. The van der Waals surface area contributed by atoms with E-state index in [4.69, 9.17) is 21.7 Å². The summed E-state index contributed by atoms with van der Waals surface area (Å²) >= 11 is 7.52. The van der Waals surface area contributed by atoms with Gasteiger partial charge in [-0.25, -0.2) is 18.5 Å². The molecule has 0 spiro atoms. The lowest BCUT2D eigenvalue weighted by atomic mass is 10.0. The fourth-order valence-electron chi connectivity index (χ4n) is 4.09. The molecule has 2 heterocycles. The number of primary sulfonamides is 1. The molecular weight excluding hydrogens is 454 g/mol. The number of nitrogens with two attached hydrogens (primary N) is 1. The normalized spacial score (nSPS) is 20.0. The highest BCUT2D eigenvalue weighted by atomic mass is 35.5. The molecule has 1 saturated heterocycles. The zero-order valence-electron chi connectivity index (χ0n) is 16.7. The van der Waals surface area contributed by atoms with Gasteiger partial charge in [-0.1, -0.05) is 29.8 Å². The Morgan fingerprint density at radius 3 is 2.39 bits per heavy atom. The molecule has 2 atom stereocenters. The Balaban J connectivity index is 1.58. The third-order valence-electron chi connectivity index (χ3n) is 5.95. The van der Waals surface area contributed by atoms with E-state index < -0.39 is 10.0 Å². The minimum absolute atomic E-state index is 0.0391. The average Bonchev–Trinajstić information content (AvgIpc) is 3.14. The van der Waals surface area contributed by atoms with Gasteiger partial charge in [0.25, 0.3) is 5.91 Å². The Hall–Kier alpha value is -2.26. The first-order valence-electron chi connectivity index (χ1n) is 9.90. The van der Waals surface area contributed by atoms with Crippen molar-refractivity contribution >= 4 is 38.9 Å².